The lowest BCUT2D eigenvalue weighted by Gasteiger charge is -2.11. The second kappa shape index (κ2) is 4.97. The number of hydrogen-bond donors (Lipinski definition) is 3. The van der Waals surface area contributed by atoms with E-state index in [9.17, 15) is 9.18 Å². The van der Waals surface area contributed by atoms with Gasteiger partial charge in [0.25, 0.3) is 0 Å². The minimum absolute atomic E-state index is 0.000839. The van der Waals surface area contributed by atoms with Crippen LogP contribution in [0.3, 0.4) is 0 Å². The van der Waals surface area contributed by atoms with Gasteiger partial charge in [-0.1, -0.05) is 6.07 Å². The average molecular weight is 260 g/mol. The fourth-order valence-electron chi connectivity index (χ4n) is 1.73. The molecule has 98 valence electrons. The van der Waals surface area contributed by atoms with Crippen molar-refractivity contribution >= 4 is 23.0 Å². The van der Waals surface area contributed by atoms with Gasteiger partial charge in [-0.25, -0.2) is 9.18 Å². The zero-order valence-electron chi connectivity index (χ0n) is 10.3. The lowest BCUT2D eigenvalue weighted by Crippen LogP contribution is -2.04. The maximum absolute atomic E-state index is 13.6. The van der Waals surface area contributed by atoms with Crippen molar-refractivity contribution in [1.82, 2.24) is 0 Å². The number of halogens is 1. The molecule has 0 heterocycles. The number of nitrogens with two attached hydrogens (primary N) is 1. The molecule has 0 aliphatic rings. The zero-order valence-corrected chi connectivity index (χ0v) is 10.3. The highest BCUT2D eigenvalue weighted by Gasteiger charge is 2.12. The normalized spacial score (nSPS) is 10.2. The van der Waals surface area contributed by atoms with E-state index >= 15 is 0 Å². The van der Waals surface area contributed by atoms with Gasteiger partial charge in [0.1, 0.15) is 5.82 Å². The van der Waals surface area contributed by atoms with Crippen LogP contribution in [0.15, 0.2) is 36.4 Å². The minimum Gasteiger partial charge on any atom is -0.478 e. The molecular weight excluding hydrogens is 247 g/mol. The van der Waals surface area contributed by atoms with Crippen molar-refractivity contribution < 1.29 is 14.3 Å². The highest BCUT2D eigenvalue weighted by Crippen LogP contribution is 2.25. The number of aryl methyl sites for hydroxylation is 1. The maximum atomic E-state index is 13.6. The van der Waals surface area contributed by atoms with Crippen LogP contribution >= 0.6 is 0 Å². The van der Waals surface area contributed by atoms with Crippen LogP contribution in [0, 0.1) is 12.7 Å². The van der Waals surface area contributed by atoms with Crippen molar-refractivity contribution in [2.45, 2.75) is 6.92 Å². The molecule has 0 aromatic heterocycles. The van der Waals surface area contributed by atoms with E-state index in [1.165, 1.54) is 18.2 Å². The average Bonchev–Trinajstić information content (AvgIpc) is 2.35. The number of hydrogen-bond acceptors (Lipinski definition) is 3. The van der Waals surface area contributed by atoms with Gasteiger partial charge in [-0.05, 0) is 42.8 Å². The number of carboxylic acids is 1. The summed E-state index contributed by atoms with van der Waals surface area (Å²) in [5.41, 5.74) is 7.29. The molecule has 0 saturated heterocycles. The Bertz CT molecular complexity index is 641. The van der Waals surface area contributed by atoms with Gasteiger partial charge in [0.15, 0.2) is 0 Å². The van der Waals surface area contributed by atoms with Gasteiger partial charge in [-0.3, -0.25) is 0 Å². The Morgan fingerprint density at radius 3 is 2.63 bits per heavy atom. The fraction of sp³-hybridized carbons (Fsp3) is 0.0714. The third-order valence-corrected chi connectivity index (χ3v) is 2.67. The topological polar surface area (TPSA) is 75.3 Å². The van der Waals surface area contributed by atoms with Crippen LogP contribution in [0.25, 0.3) is 0 Å². The van der Waals surface area contributed by atoms with Gasteiger partial charge in [0.05, 0.1) is 16.9 Å². The predicted molar refractivity (Wildman–Crippen MR) is 72.2 cm³/mol. The van der Waals surface area contributed by atoms with Crippen LogP contribution < -0.4 is 11.1 Å². The molecule has 0 fully saturated rings. The minimum atomic E-state index is -1.12. The molecule has 4 N–H and O–H groups in total. The third kappa shape index (κ3) is 2.82. The Morgan fingerprint density at radius 1 is 1.21 bits per heavy atom. The van der Waals surface area contributed by atoms with Gasteiger partial charge < -0.3 is 16.2 Å². The largest absolute Gasteiger partial charge is 0.478 e. The molecule has 0 radical (unpaired) electrons. The summed E-state index contributed by atoms with van der Waals surface area (Å²) in [6.07, 6.45) is 0. The van der Waals surface area contributed by atoms with Crippen molar-refractivity contribution in [3.63, 3.8) is 0 Å². The molecule has 2 aromatic carbocycles. The summed E-state index contributed by atoms with van der Waals surface area (Å²) < 4.78 is 13.6. The number of aromatic carboxylic acids is 1. The van der Waals surface area contributed by atoms with Crippen molar-refractivity contribution in [2.75, 3.05) is 11.1 Å². The first kappa shape index (κ1) is 12.9. The van der Waals surface area contributed by atoms with E-state index in [1.54, 1.807) is 18.2 Å². The van der Waals surface area contributed by atoms with Crippen molar-refractivity contribution in [1.29, 1.82) is 0 Å². The van der Waals surface area contributed by atoms with Crippen LogP contribution in [0.5, 0.6) is 0 Å². The molecule has 0 atom stereocenters. The molecule has 0 saturated carbocycles. The van der Waals surface area contributed by atoms with Gasteiger partial charge in [-0.15, -0.1) is 0 Å². The lowest BCUT2D eigenvalue weighted by atomic mass is 10.1. The van der Waals surface area contributed by atoms with Crippen molar-refractivity contribution in [3.05, 3.63) is 53.3 Å². The van der Waals surface area contributed by atoms with Crippen molar-refractivity contribution in [2.24, 2.45) is 0 Å². The first-order valence-electron chi connectivity index (χ1n) is 5.63. The van der Waals surface area contributed by atoms with Crippen LogP contribution in [-0.2, 0) is 0 Å². The SMILES string of the molecule is Cc1ccc(F)c(Nc2ccc(N)cc2C(=O)O)c1. The standard InChI is InChI=1S/C14H13FN2O2/c1-8-2-4-11(15)13(6-8)17-12-5-3-9(16)7-10(12)14(18)19/h2-7,17H,16H2,1H3,(H,18,19). The molecule has 4 nitrogen and oxygen atoms in total. The van der Waals surface area contributed by atoms with E-state index in [0.717, 1.165) is 5.56 Å². The number of nitrogens with one attached hydrogen (secondary N) is 1. The van der Waals surface area contributed by atoms with Gasteiger partial charge in [0, 0.05) is 5.69 Å². The molecule has 0 aliphatic heterocycles. The molecule has 19 heavy (non-hydrogen) atoms. The third-order valence-electron chi connectivity index (χ3n) is 2.67. The Hall–Kier alpha value is -2.56. The maximum Gasteiger partial charge on any atom is 0.337 e. The summed E-state index contributed by atoms with van der Waals surface area (Å²) in [7, 11) is 0. The van der Waals surface area contributed by atoms with E-state index in [-0.39, 0.29) is 11.3 Å². The monoisotopic (exact) mass is 260 g/mol. The Labute approximate surface area is 109 Å². The molecule has 0 spiro atoms. The highest BCUT2D eigenvalue weighted by molar-refractivity contribution is 5.96. The molecule has 0 bridgehead atoms. The summed E-state index contributed by atoms with van der Waals surface area (Å²) >= 11 is 0. The number of rotatable bonds is 3. The smallest absolute Gasteiger partial charge is 0.337 e. The number of nitrogen functional groups attached to an aromatic ring is 1. The van der Waals surface area contributed by atoms with E-state index in [2.05, 4.69) is 5.32 Å². The quantitative estimate of drug-likeness (QED) is 0.741. The summed E-state index contributed by atoms with van der Waals surface area (Å²) in [6.45, 7) is 1.83. The molecular formula is C14H13FN2O2. The molecule has 2 rings (SSSR count). The van der Waals surface area contributed by atoms with Crippen LogP contribution in [0.1, 0.15) is 15.9 Å². The van der Waals surface area contributed by atoms with Crippen LogP contribution in [-0.4, -0.2) is 11.1 Å². The predicted octanol–water partition coefficient (Wildman–Crippen LogP) is 3.16. The van der Waals surface area contributed by atoms with E-state index < -0.39 is 11.8 Å². The Balaban J connectivity index is 2.43. The summed E-state index contributed by atoms with van der Waals surface area (Å²) in [5, 5.41) is 11.9. The van der Waals surface area contributed by atoms with Crippen LogP contribution in [0.2, 0.25) is 0 Å². The molecule has 5 heteroatoms. The number of anilines is 3. The lowest BCUT2D eigenvalue weighted by molar-refractivity contribution is 0.0698. The summed E-state index contributed by atoms with van der Waals surface area (Å²) in [6, 6.07) is 8.98. The second-order valence-corrected chi connectivity index (χ2v) is 4.22. The Kier molecular flexibility index (Phi) is 3.37. The molecule has 0 amide bonds. The van der Waals surface area contributed by atoms with E-state index in [0.29, 0.717) is 11.4 Å². The van der Waals surface area contributed by atoms with Gasteiger partial charge in [-0.2, -0.15) is 0 Å². The summed E-state index contributed by atoms with van der Waals surface area (Å²) in [4.78, 5) is 11.1. The first-order chi connectivity index (χ1) is 8.97. The molecule has 0 unspecified atom stereocenters. The van der Waals surface area contributed by atoms with Crippen molar-refractivity contribution in [3.8, 4) is 0 Å². The number of benzene rings is 2. The highest BCUT2D eigenvalue weighted by atomic mass is 19.1. The van der Waals surface area contributed by atoms with Gasteiger partial charge >= 0.3 is 5.97 Å². The first-order valence-corrected chi connectivity index (χ1v) is 5.63. The molecule has 0 aliphatic carbocycles. The number of carbonyl (C=O) groups is 1. The van der Waals surface area contributed by atoms with E-state index in [4.69, 9.17) is 10.8 Å². The Morgan fingerprint density at radius 2 is 1.95 bits per heavy atom. The second-order valence-electron chi connectivity index (χ2n) is 4.22. The zero-order chi connectivity index (χ0) is 14.0. The fourth-order valence-corrected chi connectivity index (χ4v) is 1.73. The van der Waals surface area contributed by atoms with Gasteiger partial charge in [0.2, 0.25) is 0 Å². The summed E-state index contributed by atoms with van der Waals surface area (Å²) in [5.74, 6) is -1.57. The number of carboxylic acid groups (broad SMARTS) is 1. The molecule has 2 aromatic rings. The van der Waals surface area contributed by atoms with E-state index in [1.807, 2.05) is 6.92 Å². The van der Waals surface area contributed by atoms with Crippen LogP contribution in [0.4, 0.5) is 21.5 Å².